The second kappa shape index (κ2) is 7.97. The largest absolute Gasteiger partial charge is 0.487 e. The molecule has 3 aromatic rings. The molecule has 154 valence electrons. The van der Waals surface area contributed by atoms with Crippen LogP contribution in [-0.4, -0.2) is 40.1 Å². The minimum Gasteiger partial charge on any atom is -0.487 e. The van der Waals surface area contributed by atoms with E-state index in [2.05, 4.69) is 20.3 Å². The molecule has 0 spiro atoms. The first kappa shape index (κ1) is 19.6. The third-order valence-electron chi connectivity index (χ3n) is 4.46. The maximum atomic E-state index is 13.3. The molecule has 1 saturated heterocycles. The number of amides is 1. The van der Waals surface area contributed by atoms with Gasteiger partial charge < -0.3 is 15.0 Å². The lowest BCUT2D eigenvalue weighted by atomic mass is 10.1. The van der Waals surface area contributed by atoms with Gasteiger partial charge in [0.1, 0.15) is 17.7 Å². The van der Waals surface area contributed by atoms with Crippen LogP contribution < -0.4 is 15.0 Å². The van der Waals surface area contributed by atoms with E-state index in [-0.39, 0.29) is 11.4 Å². The first-order valence-electron chi connectivity index (χ1n) is 9.02. The van der Waals surface area contributed by atoms with Crippen molar-refractivity contribution in [1.82, 2.24) is 15.0 Å². The number of halogens is 3. The van der Waals surface area contributed by atoms with Crippen molar-refractivity contribution in [3.05, 3.63) is 71.6 Å². The average Bonchev–Trinajstić information content (AvgIpc) is 2.68. The van der Waals surface area contributed by atoms with Crippen LogP contribution in [0.2, 0.25) is 0 Å². The lowest BCUT2D eigenvalue weighted by molar-refractivity contribution is 0.102. The van der Waals surface area contributed by atoms with E-state index in [0.29, 0.717) is 24.7 Å². The van der Waals surface area contributed by atoms with E-state index < -0.39 is 29.5 Å². The number of hydrogen-bond donors (Lipinski definition) is 1. The van der Waals surface area contributed by atoms with Gasteiger partial charge in [-0.3, -0.25) is 4.79 Å². The lowest BCUT2D eigenvalue weighted by Crippen LogP contribution is -2.54. The van der Waals surface area contributed by atoms with Crippen LogP contribution in [0.5, 0.6) is 5.75 Å². The molecule has 30 heavy (non-hydrogen) atoms. The molecule has 0 unspecified atom stereocenters. The number of hydrogen-bond acceptors (Lipinski definition) is 6. The fourth-order valence-corrected chi connectivity index (χ4v) is 2.98. The molecule has 1 aliphatic rings. The summed E-state index contributed by atoms with van der Waals surface area (Å²) < 4.78 is 45.2. The molecular formula is C20H16F3N5O2. The van der Waals surface area contributed by atoms with Gasteiger partial charge in [-0.25, -0.2) is 28.1 Å². The Morgan fingerprint density at radius 2 is 1.77 bits per heavy atom. The van der Waals surface area contributed by atoms with Gasteiger partial charge >= 0.3 is 0 Å². The molecule has 1 aliphatic heterocycles. The van der Waals surface area contributed by atoms with Gasteiger partial charge in [-0.1, -0.05) is 0 Å². The van der Waals surface area contributed by atoms with Gasteiger partial charge in [-0.05, 0) is 24.6 Å². The third-order valence-corrected chi connectivity index (χ3v) is 4.46. The number of anilines is 2. The number of nitrogens with one attached hydrogen (secondary N) is 1. The summed E-state index contributed by atoms with van der Waals surface area (Å²) >= 11 is 0. The van der Waals surface area contributed by atoms with Gasteiger partial charge in [0.25, 0.3) is 5.91 Å². The lowest BCUT2D eigenvalue weighted by Gasteiger charge is -2.40. The van der Waals surface area contributed by atoms with E-state index in [1.54, 1.807) is 17.2 Å². The van der Waals surface area contributed by atoms with E-state index in [9.17, 15) is 18.0 Å². The number of pyridine rings is 1. The number of benzene rings is 1. The van der Waals surface area contributed by atoms with Crippen molar-refractivity contribution < 1.29 is 22.7 Å². The summed E-state index contributed by atoms with van der Waals surface area (Å²) in [5.74, 6) is -4.03. The Hall–Kier alpha value is -3.69. The molecule has 1 N–H and O–H groups in total. The molecule has 4 rings (SSSR count). The molecule has 1 amide bonds. The van der Waals surface area contributed by atoms with E-state index in [0.717, 1.165) is 17.7 Å². The van der Waals surface area contributed by atoms with Crippen LogP contribution in [0.4, 0.5) is 24.8 Å². The van der Waals surface area contributed by atoms with Gasteiger partial charge in [-0.2, -0.15) is 0 Å². The molecule has 2 aromatic heterocycles. The smallest absolute Gasteiger partial charge is 0.279 e. The molecule has 7 nitrogen and oxygen atoms in total. The summed E-state index contributed by atoms with van der Waals surface area (Å²) in [6.45, 7) is 2.49. The van der Waals surface area contributed by atoms with Crippen LogP contribution in [-0.2, 0) is 0 Å². The molecular weight excluding hydrogens is 399 g/mol. The Balaban J connectivity index is 1.43. The minimum atomic E-state index is -1.55. The normalized spacial score (nSPS) is 13.7. The second-order valence-electron chi connectivity index (χ2n) is 6.75. The number of carbonyl (C=O) groups excluding carboxylic acids is 1. The van der Waals surface area contributed by atoms with Crippen molar-refractivity contribution in [2.75, 3.05) is 23.3 Å². The summed E-state index contributed by atoms with van der Waals surface area (Å²) in [6, 6.07) is 5.11. The summed E-state index contributed by atoms with van der Waals surface area (Å²) in [5.41, 5.74) is 1.05. The summed E-state index contributed by atoms with van der Waals surface area (Å²) in [5, 5.41) is 2.68. The highest BCUT2D eigenvalue weighted by Crippen LogP contribution is 2.26. The van der Waals surface area contributed by atoms with Crippen molar-refractivity contribution >= 4 is 17.5 Å². The fourth-order valence-electron chi connectivity index (χ4n) is 2.98. The van der Waals surface area contributed by atoms with Crippen LogP contribution in [0.1, 0.15) is 16.1 Å². The summed E-state index contributed by atoms with van der Waals surface area (Å²) in [7, 11) is 0. The summed E-state index contributed by atoms with van der Waals surface area (Å²) in [4.78, 5) is 26.8. The van der Waals surface area contributed by atoms with Crippen molar-refractivity contribution in [1.29, 1.82) is 0 Å². The molecule has 10 heteroatoms. The Kier molecular flexibility index (Phi) is 5.21. The predicted molar refractivity (Wildman–Crippen MR) is 102 cm³/mol. The average molecular weight is 415 g/mol. The van der Waals surface area contributed by atoms with Crippen LogP contribution in [0, 0.1) is 24.4 Å². The topological polar surface area (TPSA) is 80.2 Å². The van der Waals surface area contributed by atoms with Crippen molar-refractivity contribution in [2.45, 2.75) is 13.0 Å². The Bertz CT molecular complexity index is 1080. The molecule has 0 aliphatic carbocycles. The Morgan fingerprint density at radius 3 is 2.47 bits per heavy atom. The van der Waals surface area contributed by atoms with E-state index in [4.69, 9.17) is 4.74 Å². The molecule has 0 atom stereocenters. The van der Waals surface area contributed by atoms with Crippen LogP contribution in [0.15, 0.2) is 42.9 Å². The van der Waals surface area contributed by atoms with Crippen LogP contribution in [0.25, 0.3) is 0 Å². The van der Waals surface area contributed by atoms with Crippen LogP contribution in [0.3, 0.4) is 0 Å². The molecule has 1 aromatic carbocycles. The van der Waals surface area contributed by atoms with Gasteiger partial charge in [0, 0.05) is 30.7 Å². The molecule has 0 saturated carbocycles. The minimum absolute atomic E-state index is 0.109. The number of ether oxygens (including phenoxy) is 1. The number of aryl methyl sites for hydroxylation is 1. The molecule has 0 radical (unpaired) electrons. The van der Waals surface area contributed by atoms with Gasteiger partial charge in [0.2, 0.25) is 0 Å². The Labute approximate surface area is 169 Å². The van der Waals surface area contributed by atoms with Gasteiger partial charge in [-0.15, -0.1) is 0 Å². The highest BCUT2D eigenvalue weighted by molar-refractivity contribution is 6.05. The SMILES string of the molecule is Cc1ccnc(NC(=O)c2nccnc2N2CC(Oc3cc(F)c(F)c(F)c3)C2)c1. The molecule has 0 bridgehead atoms. The highest BCUT2D eigenvalue weighted by atomic mass is 19.2. The number of carbonyl (C=O) groups is 1. The number of rotatable bonds is 5. The standard InChI is InChI=1S/C20H16F3N5O2/c1-11-2-3-24-16(6-11)27-20(29)18-19(26-5-4-25-18)28-9-13(10-28)30-12-7-14(21)17(23)15(22)8-12/h2-8,13H,9-10H2,1H3,(H,24,27,29). The summed E-state index contributed by atoms with van der Waals surface area (Å²) in [6.07, 6.45) is 4.03. The van der Waals surface area contributed by atoms with E-state index >= 15 is 0 Å². The first-order valence-corrected chi connectivity index (χ1v) is 9.02. The molecule has 3 heterocycles. The maximum absolute atomic E-state index is 13.3. The Morgan fingerprint density at radius 1 is 1.07 bits per heavy atom. The van der Waals surface area contributed by atoms with E-state index in [1.165, 1.54) is 12.4 Å². The third kappa shape index (κ3) is 4.02. The van der Waals surface area contributed by atoms with Crippen molar-refractivity contribution in [3.8, 4) is 5.75 Å². The zero-order valence-electron chi connectivity index (χ0n) is 15.8. The van der Waals surface area contributed by atoms with Gasteiger partial charge in [0.15, 0.2) is 29.0 Å². The monoisotopic (exact) mass is 415 g/mol. The first-order chi connectivity index (χ1) is 14.4. The van der Waals surface area contributed by atoms with E-state index in [1.807, 2.05) is 13.0 Å². The van der Waals surface area contributed by atoms with Crippen molar-refractivity contribution in [3.63, 3.8) is 0 Å². The van der Waals surface area contributed by atoms with Crippen molar-refractivity contribution in [2.24, 2.45) is 0 Å². The fraction of sp³-hybridized carbons (Fsp3) is 0.200. The quantitative estimate of drug-likeness (QED) is 0.645. The number of nitrogens with zero attached hydrogens (tertiary/aromatic N) is 4. The molecule has 1 fully saturated rings. The van der Waals surface area contributed by atoms with Crippen LogP contribution >= 0.6 is 0 Å². The zero-order valence-corrected chi connectivity index (χ0v) is 15.8. The zero-order chi connectivity index (χ0) is 21.3. The second-order valence-corrected chi connectivity index (χ2v) is 6.75. The predicted octanol–water partition coefficient (Wildman–Crippen LogP) is 3.12. The highest BCUT2D eigenvalue weighted by Gasteiger charge is 2.33. The maximum Gasteiger partial charge on any atom is 0.279 e. The number of aromatic nitrogens is 3. The van der Waals surface area contributed by atoms with Gasteiger partial charge in [0.05, 0.1) is 13.1 Å².